The number of benzene rings is 3. The van der Waals surface area contributed by atoms with Gasteiger partial charge in [-0.15, -0.1) is 0 Å². The van der Waals surface area contributed by atoms with E-state index in [9.17, 15) is 19.2 Å². The van der Waals surface area contributed by atoms with Crippen LogP contribution in [0.5, 0.6) is 0 Å². The van der Waals surface area contributed by atoms with Crippen LogP contribution < -0.4 is 0 Å². The van der Waals surface area contributed by atoms with E-state index in [2.05, 4.69) is 0 Å². The summed E-state index contributed by atoms with van der Waals surface area (Å²) in [6.07, 6.45) is -4.01. The van der Waals surface area contributed by atoms with Crippen molar-refractivity contribution in [3.8, 4) is 0 Å². The Kier molecular flexibility index (Phi) is 8.91. The van der Waals surface area contributed by atoms with Gasteiger partial charge in [0.05, 0.1) is 16.7 Å². The Morgan fingerprint density at radius 1 is 0.744 bits per heavy atom. The smallest absolute Gasteiger partial charge is 0.338 e. The molecule has 0 aromatic heterocycles. The van der Waals surface area contributed by atoms with E-state index in [4.69, 9.17) is 23.4 Å². The predicted octanol–water partition coefficient (Wildman–Crippen LogP) is 5.02. The van der Waals surface area contributed by atoms with Crippen LogP contribution in [0.1, 0.15) is 43.9 Å². The SMILES string of the molecule is C[Si](C)(C)OC1([C@@H]2O[C@H](COC(=O)c3ccccc3)[C@@H](OC(=O)c3ccccc3)[C@H]2OC(=O)c2ccccc2)CCC1=O. The molecule has 1 saturated heterocycles. The maximum absolute atomic E-state index is 13.4. The summed E-state index contributed by atoms with van der Waals surface area (Å²) in [5.74, 6) is -2.16. The molecule has 2 fully saturated rings. The van der Waals surface area contributed by atoms with Gasteiger partial charge >= 0.3 is 17.9 Å². The Morgan fingerprint density at radius 2 is 1.21 bits per heavy atom. The highest BCUT2D eigenvalue weighted by molar-refractivity contribution is 6.70. The summed E-state index contributed by atoms with van der Waals surface area (Å²) in [7, 11) is -2.35. The molecule has 5 rings (SSSR count). The number of ketones is 1. The van der Waals surface area contributed by atoms with E-state index in [0.29, 0.717) is 12.0 Å². The first-order valence-electron chi connectivity index (χ1n) is 14.2. The van der Waals surface area contributed by atoms with Crippen LogP contribution >= 0.6 is 0 Å². The number of hydrogen-bond acceptors (Lipinski definition) is 9. The fraction of sp³-hybridized carbons (Fsp3) is 0.333. The van der Waals surface area contributed by atoms with Gasteiger partial charge in [-0.05, 0) is 62.5 Å². The van der Waals surface area contributed by atoms with Crippen molar-refractivity contribution in [2.45, 2.75) is 62.5 Å². The average Bonchev–Trinajstić information content (AvgIpc) is 3.34. The molecule has 0 spiro atoms. The van der Waals surface area contributed by atoms with Crippen LogP contribution in [0.25, 0.3) is 0 Å². The van der Waals surface area contributed by atoms with Crippen molar-refractivity contribution >= 4 is 32.0 Å². The van der Waals surface area contributed by atoms with Crippen LogP contribution in [0.15, 0.2) is 91.0 Å². The molecule has 2 aliphatic rings. The molecule has 0 amide bonds. The van der Waals surface area contributed by atoms with E-state index in [-0.39, 0.29) is 29.9 Å². The third-order valence-electron chi connectivity index (χ3n) is 7.35. The largest absolute Gasteiger partial charge is 0.459 e. The van der Waals surface area contributed by atoms with Crippen LogP contribution in [0.4, 0.5) is 0 Å². The predicted molar refractivity (Wildman–Crippen MR) is 158 cm³/mol. The Balaban J connectivity index is 1.51. The maximum Gasteiger partial charge on any atom is 0.338 e. The molecule has 10 heteroatoms. The van der Waals surface area contributed by atoms with Crippen molar-refractivity contribution in [3.63, 3.8) is 0 Å². The fourth-order valence-corrected chi connectivity index (χ4v) is 6.77. The molecule has 1 aliphatic carbocycles. The van der Waals surface area contributed by atoms with Crippen LogP contribution in [-0.4, -0.2) is 68.6 Å². The summed E-state index contributed by atoms with van der Waals surface area (Å²) in [4.78, 5) is 52.9. The summed E-state index contributed by atoms with van der Waals surface area (Å²) >= 11 is 0. The first-order chi connectivity index (χ1) is 20.6. The van der Waals surface area contributed by atoms with E-state index < -0.39 is 56.2 Å². The van der Waals surface area contributed by atoms with Crippen molar-refractivity contribution < 1.29 is 42.6 Å². The van der Waals surface area contributed by atoms with Gasteiger partial charge in [0.15, 0.2) is 26.3 Å². The van der Waals surface area contributed by atoms with Gasteiger partial charge in [0, 0.05) is 6.42 Å². The highest BCUT2D eigenvalue weighted by Crippen LogP contribution is 2.46. The zero-order valence-electron chi connectivity index (χ0n) is 24.3. The lowest BCUT2D eigenvalue weighted by atomic mass is 9.73. The summed E-state index contributed by atoms with van der Waals surface area (Å²) in [6.45, 7) is 5.53. The topological polar surface area (TPSA) is 114 Å². The zero-order chi connectivity index (χ0) is 30.6. The quantitative estimate of drug-likeness (QED) is 0.179. The van der Waals surface area contributed by atoms with Crippen LogP contribution in [0, 0.1) is 0 Å². The van der Waals surface area contributed by atoms with Crippen molar-refractivity contribution in [1.82, 2.24) is 0 Å². The first-order valence-corrected chi connectivity index (χ1v) is 17.6. The molecule has 0 bridgehead atoms. The van der Waals surface area contributed by atoms with E-state index in [1.54, 1.807) is 91.0 Å². The van der Waals surface area contributed by atoms with Crippen molar-refractivity contribution in [1.29, 1.82) is 0 Å². The molecule has 9 nitrogen and oxygen atoms in total. The molecule has 3 aromatic rings. The Morgan fingerprint density at radius 3 is 1.63 bits per heavy atom. The Bertz CT molecular complexity index is 1460. The highest BCUT2D eigenvalue weighted by Gasteiger charge is 2.65. The Labute approximate surface area is 251 Å². The molecular formula is C33H34O9Si. The van der Waals surface area contributed by atoms with Gasteiger partial charge in [-0.2, -0.15) is 0 Å². The van der Waals surface area contributed by atoms with Crippen LogP contribution in [0.2, 0.25) is 19.6 Å². The third-order valence-corrected chi connectivity index (χ3v) is 8.32. The second-order valence-electron chi connectivity index (χ2n) is 11.6. The number of Topliss-reactive ketones (excluding diaryl/α,β-unsaturated/α-hetero) is 1. The lowest BCUT2D eigenvalue weighted by molar-refractivity contribution is -0.178. The van der Waals surface area contributed by atoms with Gasteiger partial charge in [-0.1, -0.05) is 54.6 Å². The molecule has 43 heavy (non-hydrogen) atoms. The molecule has 1 aliphatic heterocycles. The lowest BCUT2D eigenvalue weighted by Crippen LogP contribution is -2.65. The van der Waals surface area contributed by atoms with E-state index in [0.717, 1.165) is 0 Å². The molecule has 3 aromatic carbocycles. The summed E-state index contributed by atoms with van der Waals surface area (Å²) in [5, 5.41) is 0. The Hall–Kier alpha value is -4.12. The lowest BCUT2D eigenvalue weighted by Gasteiger charge is -2.48. The van der Waals surface area contributed by atoms with Crippen molar-refractivity contribution in [2.24, 2.45) is 0 Å². The van der Waals surface area contributed by atoms with Crippen LogP contribution in [0.3, 0.4) is 0 Å². The summed E-state index contributed by atoms with van der Waals surface area (Å²) < 4.78 is 30.5. The summed E-state index contributed by atoms with van der Waals surface area (Å²) in [6, 6.07) is 25.1. The zero-order valence-corrected chi connectivity index (χ0v) is 25.3. The molecule has 224 valence electrons. The van der Waals surface area contributed by atoms with Gasteiger partial charge in [-0.3, -0.25) is 4.79 Å². The van der Waals surface area contributed by atoms with Crippen molar-refractivity contribution in [3.05, 3.63) is 108 Å². The van der Waals surface area contributed by atoms with E-state index >= 15 is 0 Å². The van der Waals surface area contributed by atoms with Crippen LogP contribution in [-0.2, 0) is 28.2 Å². The molecule has 1 saturated carbocycles. The average molecular weight is 603 g/mol. The second kappa shape index (κ2) is 12.6. The minimum atomic E-state index is -2.35. The number of carbonyl (C=O) groups excluding carboxylic acids is 4. The number of ether oxygens (including phenoxy) is 4. The number of carbonyl (C=O) groups is 4. The molecule has 0 N–H and O–H groups in total. The van der Waals surface area contributed by atoms with Gasteiger partial charge in [0.25, 0.3) is 0 Å². The van der Waals surface area contributed by atoms with Gasteiger partial charge in [0.1, 0.15) is 24.4 Å². The molecule has 0 radical (unpaired) electrons. The molecular weight excluding hydrogens is 568 g/mol. The van der Waals surface area contributed by atoms with Crippen molar-refractivity contribution in [2.75, 3.05) is 6.61 Å². The number of rotatable bonds is 10. The molecule has 5 atom stereocenters. The summed E-state index contributed by atoms with van der Waals surface area (Å²) in [5.41, 5.74) is -0.531. The minimum absolute atomic E-state index is 0.184. The first kappa shape index (κ1) is 30.3. The number of hydrogen-bond donors (Lipinski definition) is 0. The number of esters is 3. The normalized spacial score (nSPS) is 25.0. The maximum atomic E-state index is 13.4. The third kappa shape index (κ3) is 6.77. The molecule has 1 heterocycles. The van der Waals surface area contributed by atoms with Gasteiger partial charge < -0.3 is 23.4 Å². The molecule has 1 unspecified atom stereocenters. The standard InChI is InChI=1S/C33H34O9Si/c1-43(2,3)42-33(20-19-26(33)34)29-28(41-32(37)24-17-11-6-12-18-24)27(40-31(36)23-15-9-5-10-16-23)25(39-29)21-38-30(35)22-13-7-4-8-14-22/h4-18,25,27-29H,19-21H2,1-3H3/t25-,27-,28-,29-,33?/m1/s1. The van der Waals surface area contributed by atoms with E-state index in [1.807, 2.05) is 19.6 Å². The fourth-order valence-electron chi connectivity index (χ4n) is 5.34. The minimum Gasteiger partial charge on any atom is -0.459 e. The second-order valence-corrected chi connectivity index (χ2v) is 16.0. The van der Waals surface area contributed by atoms with Gasteiger partial charge in [0.2, 0.25) is 0 Å². The monoisotopic (exact) mass is 602 g/mol. The highest BCUT2D eigenvalue weighted by atomic mass is 28.4. The van der Waals surface area contributed by atoms with Gasteiger partial charge in [-0.25, -0.2) is 14.4 Å². The van der Waals surface area contributed by atoms with E-state index in [1.165, 1.54) is 0 Å².